The lowest BCUT2D eigenvalue weighted by molar-refractivity contribution is 0.0919. The smallest absolute Gasteiger partial charge is 0.287 e. The molecule has 2 aromatic carbocycles. The van der Waals surface area contributed by atoms with Crippen LogP contribution in [-0.4, -0.2) is 22.4 Å². The molecule has 2 aromatic heterocycles. The molecular weight excluding hydrogens is 406 g/mol. The maximum Gasteiger partial charge on any atom is 0.287 e. The summed E-state index contributed by atoms with van der Waals surface area (Å²) in [4.78, 5) is 21.7. The van der Waals surface area contributed by atoms with Gasteiger partial charge < -0.3 is 9.73 Å². The monoisotopic (exact) mass is 431 g/mol. The largest absolute Gasteiger partial charge is 0.451 e. The molecule has 0 radical (unpaired) electrons. The zero-order chi connectivity index (χ0) is 21.8. The lowest BCUT2D eigenvalue weighted by Gasteiger charge is -2.26. The molecule has 5 nitrogen and oxygen atoms in total. The van der Waals surface area contributed by atoms with Gasteiger partial charge in [-0.2, -0.15) is 0 Å². The Bertz CT molecular complexity index is 1200. The van der Waals surface area contributed by atoms with Crippen molar-refractivity contribution >= 4 is 28.6 Å². The number of benzene rings is 2. The van der Waals surface area contributed by atoms with Gasteiger partial charge >= 0.3 is 0 Å². The van der Waals surface area contributed by atoms with Gasteiger partial charge in [0.05, 0.1) is 0 Å². The number of aromatic nitrogens is 2. The number of nitrogens with zero attached hydrogens (tertiary/aromatic N) is 2. The molecule has 0 bridgehead atoms. The molecule has 0 aliphatic heterocycles. The fourth-order valence-corrected chi connectivity index (χ4v) is 4.30. The minimum atomic E-state index is -0.208. The number of carbonyl (C=O) groups is 1. The SMILES string of the molecule is Cc1cccc(C(C)(C)CNC(=O)c2oc3ccccc3c2CSc2ncccn2)c1. The number of thioether (sulfide) groups is 1. The van der Waals surface area contributed by atoms with E-state index >= 15 is 0 Å². The molecule has 0 fully saturated rings. The zero-order valence-corrected chi connectivity index (χ0v) is 18.7. The highest BCUT2D eigenvalue weighted by Gasteiger charge is 2.25. The van der Waals surface area contributed by atoms with Gasteiger partial charge in [0.15, 0.2) is 10.9 Å². The first-order chi connectivity index (χ1) is 14.9. The van der Waals surface area contributed by atoms with Crippen LogP contribution in [0.4, 0.5) is 0 Å². The quantitative estimate of drug-likeness (QED) is 0.308. The molecule has 4 rings (SSSR count). The second kappa shape index (κ2) is 8.94. The average molecular weight is 432 g/mol. The minimum absolute atomic E-state index is 0.207. The summed E-state index contributed by atoms with van der Waals surface area (Å²) >= 11 is 1.48. The molecule has 2 heterocycles. The van der Waals surface area contributed by atoms with Crippen molar-refractivity contribution in [3.63, 3.8) is 0 Å². The second-order valence-corrected chi connectivity index (χ2v) is 9.10. The van der Waals surface area contributed by atoms with Crippen LogP contribution < -0.4 is 5.32 Å². The number of para-hydroxylation sites is 1. The van der Waals surface area contributed by atoms with Crippen LogP contribution in [0.25, 0.3) is 11.0 Å². The van der Waals surface area contributed by atoms with Gasteiger partial charge in [-0.3, -0.25) is 4.79 Å². The summed E-state index contributed by atoms with van der Waals surface area (Å²) in [5.41, 5.74) is 3.75. The van der Waals surface area contributed by atoms with Crippen LogP contribution in [0.15, 0.2) is 76.6 Å². The first-order valence-electron chi connectivity index (χ1n) is 10.2. The van der Waals surface area contributed by atoms with Gasteiger partial charge in [-0.1, -0.05) is 73.6 Å². The van der Waals surface area contributed by atoms with Crippen LogP contribution in [0.3, 0.4) is 0 Å². The zero-order valence-electron chi connectivity index (χ0n) is 17.9. The third kappa shape index (κ3) is 4.80. The number of hydrogen-bond donors (Lipinski definition) is 1. The van der Waals surface area contributed by atoms with Crippen LogP contribution >= 0.6 is 11.8 Å². The molecular formula is C25H25N3O2S. The highest BCUT2D eigenvalue weighted by atomic mass is 32.2. The second-order valence-electron chi connectivity index (χ2n) is 8.16. The van der Waals surface area contributed by atoms with E-state index in [1.165, 1.54) is 22.9 Å². The van der Waals surface area contributed by atoms with Crippen LogP contribution in [0.5, 0.6) is 0 Å². The average Bonchev–Trinajstić information content (AvgIpc) is 3.15. The Balaban J connectivity index is 1.56. The summed E-state index contributed by atoms with van der Waals surface area (Å²) in [6.45, 7) is 6.84. The molecule has 0 atom stereocenters. The molecule has 6 heteroatoms. The third-order valence-electron chi connectivity index (χ3n) is 5.28. The summed E-state index contributed by atoms with van der Waals surface area (Å²) in [5.74, 6) is 0.691. The number of hydrogen-bond acceptors (Lipinski definition) is 5. The first kappa shape index (κ1) is 21.1. The maximum absolute atomic E-state index is 13.1. The normalized spacial score (nSPS) is 11.6. The Morgan fingerprint density at radius 1 is 1.06 bits per heavy atom. The van der Waals surface area contributed by atoms with E-state index in [1.807, 2.05) is 24.3 Å². The van der Waals surface area contributed by atoms with E-state index in [0.717, 1.165) is 10.9 Å². The van der Waals surface area contributed by atoms with Crippen molar-refractivity contribution in [1.82, 2.24) is 15.3 Å². The number of amides is 1. The molecule has 0 saturated carbocycles. The number of furan rings is 1. The van der Waals surface area contributed by atoms with E-state index < -0.39 is 0 Å². The minimum Gasteiger partial charge on any atom is -0.451 e. The first-order valence-corrected chi connectivity index (χ1v) is 11.2. The summed E-state index contributed by atoms with van der Waals surface area (Å²) in [7, 11) is 0. The number of fused-ring (bicyclic) bond motifs is 1. The van der Waals surface area contributed by atoms with Gasteiger partial charge in [0.1, 0.15) is 5.58 Å². The third-order valence-corrected chi connectivity index (χ3v) is 6.18. The van der Waals surface area contributed by atoms with Crippen molar-refractivity contribution in [3.8, 4) is 0 Å². The highest BCUT2D eigenvalue weighted by molar-refractivity contribution is 7.98. The van der Waals surface area contributed by atoms with Crippen molar-refractivity contribution in [2.24, 2.45) is 0 Å². The van der Waals surface area contributed by atoms with E-state index in [9.17, 15) is 4.79 Å². The highest BCUT2D eigenvalue weighted by Crippen LogP contribution is 2.31. The van der Waals surface area contributed by atoms with Gasteiger partial charge in [0, 0.05) is 41.1 Å². The summed E-state index contributed by atoms with van der Waals surface area (Å²) in [5, 5.41) is 4.69. The topological polar surface area (TPSA) is 68.0 Å². The molecule has 0 aliphatic carbocycles. The number of carbonyl (C=O) groups excluding carboxylic acids is 1. The van der Waals surface area contributed by atoms with Gasteiger partial charge in [-0.25, -0.2) is 9.97 Å². The number of aryl methyl sites for hydroxylation is 1. The molecule has 0 unspecified atom stereocenters. The number of nitrogens with one attached hydrogen (secondary N) is 1. The van der Waals surface area contributed by atoms with Crippen LogP contribution in [-0.2, 0) is 11.2 Å². The van der Waals surface area contributed by atoms with Gasteiger partial charge in [0.25, 0.3) is 5.91 Å². The molecule has 1 amide bonds. The predicted molar refractivity (Wildman–Crippen MR) is 124 cm³/mol. The maximum atomic E-state index is 13.1. The number of rotatable bonds is 7. The Hall–Kier alpha value is -3.12. The molecule has 4 aromatic rings. The van der Waals surface area contributed by atoms with E-state index in [-0.39, 0.29) is 11.3 Å². The lowest BCUT2D eigenvalue weighted by Crippen LogP contribution is -2.36. The van der Waals surface area contributed by atoms with Crippen LogP contribution in [0.2, 0.25) is 0 Å². The van der Waals surface area contributed by atoms with E-state index in [4.69, 9.17) is 4.42 Å². The Morgan fingerprint density at radius 3 is 2.61 bits per heavy atom. The molecule has 0 saturated heterocycles. The van der Waals surface area contributed by atoms with E-state index in [1.54, 1.807) is 18.5 Å². The fourth-order valence-electron chi connectivity index (χ4n) is 3.47. The van der Waals surface area contributed by atoms with Crippen molar-refractivity contribution in [1.29, 1.82) is 0 Å². The van der Waals surface area contributed by atoms with Gasteiger partial charge in [-0.05, 0) is 24.6 Å². The van der Waals surface area contributed by atoms with E-state index in [0.29, 0.717) is 28.8 Å². The Labute approximate surface area is 186 Å². The van der Waals surface area contributed by atoms with Crippen molar-refractivity contribution in [3.05, 3.63) is 89.4 Å². The Morgan fingerprint density at radius 2 is 1.84 bits per heavy atom. The summed E-state index contributed by atoms with van der Waals surface area (Å²) < 4.78 is 5.97. The molecule has 31 heavy (non-hydrogen) atoms. The van der Waals surface area contributed by atoms with E-state index in [2.05, 4.69) is 60.3 Å². The molecule has 0 spiro atoms. The van der Waals surface area contributed by atoms with Crippen LogP contribution in [0, 0.1) is 6.92 Å². The van der Waals surface area contributed by atoms with Gasteiger partial charge in [0.2, 0.25) is 0 Å². The Kier molecular flexibility index (Phi) is 6.09. The molecule has 158 valence electrons. The van der Waals surface area contributed by atoms with Crippen molar-refractivity contribution in [2.45, 2.75) is 37.1 Å². The van der Waals surface area contributed by atoms with Crippen molar-refractivity contribution in [2.75, 3.05) is 6.54 Å². The standard InChI is InChI=1S/C25H25N3O2S/c1-17-8-6-9-18(14-17)25(2,3)16-28-23(29)22-20(15-31-24-26-12-7-13-27-24)19-10-4-5-11-21(19)30-22/h4-14H,15-16H2,1-3H3,(H,28,29). The van der Waals surface area contributed by atoms with Gasteiger partial charge in [-0.15, -0.1) is 0 Å². The predicted octanol–water partition coefficient (Wildman–Crippen LogP) is 5.53. The lowest BCUT2D eigenvalue weighted by atomic mass is 9.84. The molecule has 1 N–H and O–H groups in total. The molecule has 0 aliphatic rings. The van der Waals surface area contributed by atoms with Crippen molar-refractivity contribution < 1.29 is 9.21 Å². The fraction of sp³-hybridized carbons (Fsp3) is 0.240. The summed E-state index contributed by atoms with van der Waals surface area (Å²) in [6.07, 6.45) is 3.42. The summed E-state index contributed by atoms with van der Waals surface area (Å²) in [6, 6.07) is 17.9. The van der Waals surface area contributed by atoms with Crippen LogP contribution in [0.1, 0.15) is 41.1 Å².